The van der Waals surface area contributed by atoms with Gasteiger partial charge in [-0.25, -0.2) is 4.39 Å². The largest absolute Gasteiger partial charge is 0.376 e. The summed E-state index contributed by atoms with van der Waals surface area (Å²) in [6.07, 6.45) is 1.04. The molecular weight excluding hydrogens is 269 g/mol. The molecule has 0 aliphatic carbocycles. The Morgan fingerprint density at radius 3 is 2.78 bits per heavy atom. The highest BCUT2D eigenvalue weighted by molar-refractivity contribution is 7.12. The highest BCUT2D eigenvalue weighted by Gasteiger charge is 2.10. The van der Waals surface area contributed by atoms with E-state index in [4.69, 9.17) is 11.6 Å². The monoisotopic (exact) mass is 283 g/mol. The Labute approximate surface area is 116 Å². The lowest BCUT2D eigenvalue weighted by Crippen LogP contribution is -2.05. The Hall–Kier alpha value is -1.06. The molecule has 1 N–H and O–H groups in total. The summed E-state index contributed by atoms with van der Waals surface area (Å²) in [7, 11) is 0. The third kappa shape index (κ3) is 3.03. The minimum Gasteiger partial charge on any atom is -0.376 e. The van der Waals surface area contributed by atoms with E-state index in [0.29, 0.717) is 10.7 Å². The molecule has 2 rings (SSSR count). The van der Waals surface area contributed by atoms with Gasteiger partial charge in [0.2, 0.25) is 0 Å². The minimum absolute atomic E-state index is 0.120. The molecule has 18 heavy (non-hydrogen) atoms. The zero-order valence-electron chi connectivity index (χ0n) is 10.3. The first-order valence-electron chi connectivity index (χ1n) is 5.90. The van der Waals surface area contributed by atoms with E-state index in [1.165, 1.54) is 21.9 Å². The van der Waals surface area contributed by atoms with Gasteiger partial charge in [0.25, 0.3) is 0 Å². The number of rotatable bonds is 4. The van der Waals surface area contributed by atoms with E-state index in [0.717, 1.165) is 6.42 Å². The van der Waals surface area contributed by atoms with Crippen LogP contribution in [0.3, 0.4) is 0 Å². The fourth-order valence-corrected chi connectivity index (χ4v) is 2.86. The van der Waals surface area contributed by atoms with Crippen LogP contribution in [0.25, 0.3) is 0 Å². The number of anilines is 1. The lowest BCUT2D eigenvalue weighted by Gasteiger charge is -2.15. The summed E-state index contributed by atoms with van der Waals surface area (Å²) >= 11 is 7.81. The number of benzene rings is 1. The second-order valence-corrected chi connectivity index (χ2v) is 5.75. The number of aryl methyl sites for hydroxylation is 1. The van der Waals surface area contributed by atoms with Crippen molar-refractivity contribution in [1.82, 2.24) is 0 Å². The fourth-order valence-electron chi connectivity index (χ4n) is 1.73. The third-order valence-corrected chi connectivity index (χ3v) is 4.50. The van der Waals surface area contributed by atoms with Crippen molar-refractivity contribution in [2.75, 3.05) is 5.32 Å². The Morgan fingerprint density at radius 2 is 2.11 bits per heavy atom. The van der Waals surface area contributed by atoms with Gasteiger partial charge in [-0.1, -0.05) is 18.5 Å². The lowest BCUT2D eigenvalue weighted by molar-refractivity contribution is 0.628. The molecule has 0 spiro atoms. The molecule has 1 aromatic heterocycles. The fraction of sp³-hybridized carbons (Fsp3) is 0.286. The maximum absolute atomic E-state index is 13.2. The van der Waals surface area contributed by atoms with Crippen LogP contribution in [-0.2, 0) is 6.42 Å². The summed E-state index contributed by atoms with van der Waals surface area (Å²) in [4.78, 5) is 2.58. The van der Waals surface area contributed by atoms with Crippen LogP contribution in [0.15, 0.2) is 30.3 Å². The van der Waals surface area contributed by atoms with Crippen molar-refractivity contribution in [1.29, 1.82) is 0 Å². The molecule has 4 heteroatoms. The molecule has 0 aliphatic heterocycles. The molecule has 1 nitrogen and oxygen atoms in total. The van der Waals surface area contributed by atoms with Crippen molar-refractivity contribution in [3.05, 3.63) is 50.9 Å². The van der Waals surface area contributed by atoms with Crippen LogP contribution >= 0.6 is 22.9 Å². The topological polar surface area (TPSA) is 12.0 Å². The molecule has 0 bridgehead atoms. The van der Waals surface area contributed by atoms with Crippen molar-refractivity contribution in [2.24, 2.45) is 0 Å². The van der Waals surface area contributed by atoms with Crippen LogP contribution in [0.5, 0.6) is 0 Å². The molecule has 0 saturated carbocycles. The van der Waals surface area contributed by atoms with Crippen LogP contribution in [0.4, 0.5) is 10.1 Å². The maximum atomic E-state index is 13.2. The molecule has 0 saturated heterocycles. The number of hydrogen-bond donors (Lipinski definition) is 1. The van der Waals surface area contributed by atoms with Crippen molar-refractivity contribution in [3.8, 4) is 0 Å². The second-order valence-electron chi connectivity index (χ2n) is 4.15. The van der Waals surface area contributed by atoms with Crippen molar-refractivity contribution in [3.63, 3.8) is 0 Å². The molecule has 0 amide bonds. The maximum Gasteiger partial charge on any atom is 0.125 e. The number of thiophene rings is 1. The average molecular weight is 284 g/mol. The van der Waals surface area contributed by atoms with E-state index in [1.807, 2.05) is 6.92 Å². The Morgan fingerprint density at radius 1 is 1.33 bits per heavy atom. The summed E-state index contributed by atoms with van der Waals surface area (Å²) in [5.41, 5.74) is 0.635. The Bertz CT molecular complexity index is 538. The Balaban J connectivity index is 2.15. The quantitative estimate of drug-likeness (QED) is 0.805. The summed E-state index contributed by atoms with van der Waals surface area (Å²) in [6.45, 7) is 4.18. The van der Waals surface area contributed by atoms with Gasteiger partial charge >= 0.3 is 0 Å². The molecule has 0 fully saturated rings. The van der Waals surface area contributed by atoms with Gasteiger partial charge in [-0.05, 0) is 43.7 Å². The minimum atomic E-state index is -0.283. The van der Waals surface area contributed by atoms with E-state index in [2.05, 4.69) is 24.4 Å². The van der Waals surface area contributed by atoms with E-state index < -0.39 is 0 Å². The van der Waals surface area contributed by atoms with Gasteiger partial charge in [-0.2, -0.15) is 0 Å². The molecule has 0 radical (unpaired) electrons. The summed E-state index contributed by atoms with van der Waals surface area (Å²) < 4.78 is 13.2. The molecule has 1 aromatic carbocycles. The molecule has 1 atom stereocenters. The van der Waals surface area contributed by atoms with Gasteiger partial charge < -0.3 is 5.32 Å². The summed E-state index contributed by atoms with van der Waals surface area (Å²) in [5, 5.41) is 3.78. The first-order chi connectivity index (χ1) is 8.60. The average Bonchev–Trinajstić information content (AvgIpc) is 2.82. The van der Waals surface area contributed by atoms with Crippen LogP contribution in [0, 0.1) is 5.82 Å². The lowest BCUT2D eigenvalue weighted by atomic mass is 10.2. The first kappa shape index (κ1) is 13.4. The van der Waals surface area contributed by atoms with E-state index in [-0.39, 0.29) is 11.9 Å². The highest BCUT2D eigenvalue weighted by Crippen LogP contribution is 2.30. The predicted octanol–water partition coefficient (Wildman–Crippen LogP) is 5.28. The van der Waals surface area contributed by atoms with Crippen LogP contribution in [-0.4, -0.2) is 0 Å². The molecule has 96 valence electrons. The smallest absolute Gasteiger partial charge is 0.125 e. The molecule has 1 unspecified atom stereocenters. The van der Waals surface area contributed by atoms with Gasteiger partial charge in [0.1, 0.15) is 5.82 Å². The zero-order valence-corrected chi connectivity index (χ0v) is 11.9. The Kier molecular flexibility index (Phi) is 4.25. The standard InChI is InChI=1S/C14H15ClFNS/c1-3-11-5-7-14(18-11)9(2)17-13-8-10(16)4-6-12(13)15/h4-9,17H,3H2,1-2H3. The molecule has 0 aliphatic rings. The van der Waals surface area contributed by atoms with E-state index >= 15 is 0 Å². The van der Waals surface area contributed by atoms with Gasteiger partial charge in [0, 0.05) is 9.75 Å². The van der Waals surface area contributed by atoms with Crippen LogP contribution < -0.4 is 5.32 Å². The van der Waals surface area contributed by atoms with Crippen LogP contribution in [0.1, 0.15) is 29.6 Å². The molecular formula is C14H15ClFNS. The second kappa shape index (κ2) is 5.72. The van der Waals surface area contributed by atoms with E-state index in [9.17, 15) is 4.39 Å². The normalized spacial score (nSPS) is 12.4. The number of halogens is 2. The van der Waals surface area contributed by atoms with Gasteiger partial charge in [0.15, 0.2) is 0 Å². The van der Waals surface area contributed by atoms with Crippen LogP contribution in [0.2, 0.25) is 5.02 Å². The highest BCUT2D eigenvalue weighted by atomic mass is 35.5. The van der Waals surface area contributed by atoms with Gasteiger partial charge in [-0.15, -0.1) is 11.3 Å². The first-order valence-corrected chi connectivity index (χ1v) is 7.09. The van der Waals surface area contributed by atoms with Gasteiger partial charge in [-0.3, -0.25) is 0 Å². The zero-order chi connectivity index (χ0) is 13.1. The summed E-state index contributed by atoms with van der Waals surface area (Å²) in [6, 6.07) is 8.71. The number of hydrogen-bond acceptors (Lipinski definition) is 2. The molecule has 1 heterocycles. The van der Waals surface area contributed by atoms with Crippen molar-refractivity contribution < 1.29 is 4.39 Å². The third-order valence-electron chi connectivity index (χ3n) is 2.76. The van der Waals surface area contributed by atoms with Crippen molar-refractivity contribution in [2.45, 2.75) is 26.3 Å². The van der Waals surface area contributed by atoms with E-state index in [1.54, 1.807) is 17.4 Å². The summed E-state index contributed by atoms with van der Waals surface area (Å²) in [5.74, 6) is -0.283. The van der Waals surface area contributed by atoms with Gasteiger partial charge in [0.05, 0.1) is 16.8 Å². The van der Waals surface area contributed by atoms with Crippen molar-refractivity contribution >= 4 is 28.6 Å². The molecule has 2 aromatic rings. The SMILES string of the molecule is CCc1ccc(C(C)Nc2cc(F)ccc2Cl)s1. The number of nitrogens with one attached hydrogen (secondary N) is 1. The predicted molar refractivity (Wildman–Crippen MR) is 77.1 cm³/mol.